The zero-order valence-electron chi connectivity index (χ0n) is 45.8. The van der Waals surface area contributed by atoms with Gasteiger partial charge in [0.2, 0.25) is 11.8 Å². The summed E-state index contributed by atoms with van der Waals surface area (Å²) in [5.74, 6) is -5.88. The molecule has 0 bridgehead atoms. The third-order valence-corrected chi connectivity index (χ3v) is 15.2. The zero-order chi connectivity index (χ0) is 62.3. The van der Waals surface area contributed by atoms with Crippen LogP contribution in [0, 0.1) is 10.8 Å². The number of hydrogen-bond acceptors (Lipinski definition) is 13. The highest BCUT2D eigenvalue weighted by Crippen LogP contribution is 2.57. The fourth-order valence-electron chi connectivity index (χ4n) is 11.0. The summed E-state index contributed by atoms with van der Waals surface area (Å²) in [7, 11) is 0. The number of nitrogens with one attached hydrogen (secondary N) is 1. The van der Waals surface area contributed by atoms with E-state index >= 15 is 0 Å². The SMILES string of the molecule is FC1(F)CC2(CNC2)C1.Nc1ccc(/C=C/C(=O)CCc2cc3cc(-c4ccc(C(=O)N5CC6(C5)CC(F)(F)C6)cn4)cc(C(F)(F)F)c3o2)cn1.Nc1ccc(/C=C/C(=O)CCc2cc3cc(-c4ccc(C(=O)O)cn4)cc(C(F)(F)F)c3o2)cn1. The second-order valence-corrected chi connectivity index (χ2v) is 22.3. The summed E-state index contributed by atoms with van der Waals surface area (Å²) in [5.41, 5.74) is 10.1. The Bertz CT molecular complexity index is 3940. The molecule has 2 saturated heterocycles. The van der Waals surface area contributed by atoms with Crippen LogP contribution in [0.5, 0.6) is 0 Å². The van der Waals surface area contributed by atoms with E-state index in [4.69, 9.17) is 25.4 Å². The number of carboxylic acid groups (broad SMARTS) is 1. The number of halogens is 10. The lowest BCUT2D eigenvalue weighted by atomic mass is 9.61. The number of nitrogen functional groups attached to an aromatic ring is 2. The van der Waals surface area contributed by atoms with E-state index in [9.17, 15) is 63.1 Å². The number of ketones is 2. The number of carbonyl (C=O) groups is 4. The second-order valence-electron chi connectivity index (χ2n) is 22.3. The minimum atomic E-state index is -4.73. The number of pyridine rings is 4. The smallest absolute Gasteiger partial charge is 0.420 e. The van der Waals surface area contributed by atoms with Crippen molar-refractivity contribution in [3.63, 3.8) is 0 Å². The van der Waals surface area contributed by atoms with Crippen LogP contribution in [-0.4, -0.2) is 91.4 Å². The minimum Gasteiger partial charge on any atom is -0.478 e. The number of benzene rings is 2. The number of allylic oxidation sites excluding steroid dienone is 2. The van der Waals surface area contributed by atoms with E-state index in [1.165, 1.54) is 84.2 Å². The van der Waals surface area contributed by atoms with Crippen LogP contribution in [0.25, 0.3) is 56.6 Å². The van der Waals surface area contributed by atoms with Gasteiger partial charge in [-0.25, -0.2) is 32.3 Å². The second kappa shape index (κ2) is 23.5. The van der Waals surface area contributed by atoms with Gasteiger partial charge in [-0.1, -0.05) is 0 Å². The Balaban J connectivity index is 0.000000170. The molecule has 452 valence electrons. The molecule has 6 aromatic heterocycles. The highest BCUT2D eigenvalue weighted by molar-refractivity contribution is 5.96. The Morgan fingerprint density at radius 1 is 0.575 bits per heavy atom. The number of carboxylic acids is 1. The molecule has 0 unspecified atom stereocenters. The lowest BCUT2D eigenvalue weighted by Gasteiger charge is -2.58. The number of carbonyl (C=O) groups excluding carboxylic acids is 3. The molecular weight excluding hydrogens is 1160 g/mol. The number of anilines is 2. The van der Waals surface area contributed by atoms with Gasteiger partial charge in [0, 0.05) is 135 Å². The van der Waals surface area contributed by atoms with E-state index < -0.39 is 46.7 Å². The molecule has 12 rings (SSSR count). The Morgan fingerprint density at radius 2 is 1.01 bits per heavy atom. The van der Waals surface area contributed by atoms with Crippen LogP contribution in [0.3, 0.4) is 0 Å². The highest BCUT2D eigenvalue weighted by Gasteiger charge is 2.62. The molecule has 2 saturated carbocycles. The summed E-state index contributed by atoms with van der Waals surface area (Å²) in [4.78, 5) is 65.8. The monoisotopic (exact) mass is 1210 g/mol. The number of amides is 1. The topological polar surface area (TPSA) is 234 Å². The summed E-state index contributed by atoms with van der Waals surface area (Å²) in [6.45, 7) is 2.12. The van der Waals surface area contributed by atoms with Crippen molar-refractivity contribution in [1.29, 1.82) is 0 Å². The Labute approximate surface area is 488 Å². The number of furan rings is 2. The number of nitrogens with two attached hydrogens (primary N) is 2. The van der Waals surface area contributed by atoms with Crippen LogP contribution in [0.4, 0.5) is 55.5 Å². The summed E-state index contributed by atoms with van der Waals surface area (Å²) in [6, 6.07) is 19.9. The maximum absolute atomic E-state index is 14.0. The maximum Gasteiger partial charge on any atom is 0.420 e. The van der Waals surface area contributed by atoms with Gasteiger partial charge in [0.1, 0.15) is 34.3 Å². The first-order valence-corrected chi connectivity index (χ1v) is 27.1. The fourth-order valence-corrected chi connectivity index (χ4v) is 11.0. The van der Waals surface area contributed by atoms with Crippen LogP contribution in [0.1, 0.15) is 93.0 Å². The predicted molar refractivity (Wildman–Crippen MR) is 300 cm³/mol. The largest absolute Gasteiger partial charge is 0.478 e. The zero-order valence-corrected chi connectivity index (χ0v) is 45.8. The summed E-state index contributed by atoms with van der Waals surface area (Å²) < 4.78 is 145. The van der Waals surface area contributed by atoms with Gasteiger partial charge in [-0.05, 0) is 120 Å². The number of rotatable bonds is 14. The number of alkyl halides is 10. The van der Waals surface area contributed by atoms with Crippen molar-refractivity contribution in [1.82, 2.24) is 30.2 Å². The number of nitrogens with zero attached hydrogens (tertiary/aromatic N) is 5. The molecule has 4 aliphatic rings. The molecule has 4 fully saturated rings. The summed E-state index contributed by atoms with van der Waals surface area (Å²) in [6.07, 6.45) is 1.86. The van der Waals surface area contributed by atoms with Gasteiger partial charge < -0.3 is 35.6 Å². The van der Waals surface area contributed by atoms with Gasteiger partial charge in [-0.15, -0.1) is 0 Å². The van der Waals surface area contributed by atoms with Gasteiger partial charge in [0.15, 0.2) is 11.6 Å². The molecule has 25 heteroatoms. The van der Waals surface area contributed by atoms with Crippen molar-refractivity contribution in [3.8, 4) is 22.5 Å². The molecule has 87 heavy (non-hydrogen) atoms. The first-order chi connectivity index (χ1) is 41.0. The lowest BCUT2D eigenvalue weighted by molar-refractivity contribution is -0.203. The van der Waals surface area contributed by atoms with Crippen molar-refractivity contribution in [2.24, 2.45) is 10.8 Å². The van der Waals surface area contributed by atoms with Crippen LogP contribution in [-0.2, 0) is 34.8 Å². The van der Waals surface area contributed by atoms with Gasteiger partial charge >= 0.3 is 18.3 Å². The molecular formula is C62H52F10N8O7. The summed E-state index contributed by atoms with van der Waals surface area (Å²) in [5, 5.41) is 12.4. The highest BCUT2D eigenvalue weighted by atomic mass is 19.4. The third kappa shape index (κ3) is 14.4. The molecule has 1 amide bonds. The van der Waals surface area contributed by atoms with E-state index in [1.807, 2.05) is 0 Å². The lowest BCUT2D eigenvalue weighted by Crippen LogP contribution is -2.66. The molecule has 0 radical (unpaired) electrons. The van der Waals surface area contributed by atoms with Crippen molar-refractivity contribution >= 4 is 69.2 Å². The Kier molecular flexibility index (Phi) is 16.5. The Morgan fingerprint density at radius 3 is 1.36 bits per heavy atom. The van der Waals surface area contributed by atoms with Gasteiger partial charge in [0.25, 0.3) is 5.91 Å². The number of aromatic nitrogens is 4. The minimum absolute atomic E-state index is 0.0174. The molecule has 8 aromatic rings. The predicted octanol–water partition coefficient (Wildman–Crippen LogP) is 13.0. The first-order valence-electron chi connectivity index (χ1n) is 27.1. The fraction of sp³-hybridized carbons (Fsp3) is 0.290. The quantitative estimate of drug-likeness (QED) is 0.0586. The summed E-state index contributed by atoms with van der Waals surface area (Å²) >= 11 is 0. The average molecular weight is 1210 g/mol. The Hall–Kier alpha value is -9.26. The van der Waals surface area contributed by atoms with Gasteiger partial charge in [0.05, 0.1) is 33.6 Å². The van der Waals surface area contributed by atoms with Crippen LogP contribution in [0.2, 0.25) is 0 Å². The maximum atomic E-state index is 14.0. The number of hydrogen-bond donors (Lipinski definition) is 4. The van der Waals surface area contributed by atoms with E-state index in [2.05, 4.69) is 25.3 Å². The van der Waals surface area contributed by atoms with E-state index in [0.29, 0.717) is 22.8 Å². The van der Waals surface area contributed by atoms with Crippen molar-refractivity contribution in [2.45, 2.75) is 75.6 Å². The molecule has 0 atom stereocenters. The number of aromatic carboxylic acids is 1. The molecule has 2 aromatic carbocycles. The molecule has 2 aliphatic heterocycles. The van der Waals surface area contributed by atoms with Gasteiger partial charge in [-0.2, -0.15) is 26.3 Å². The molecule has 2 spiro atoms. The van der Waals surface area contributed by atoms with Crippen LogP contribution < -0.4 is 16.8 Å². The normalized spacial score (nSPS) is 17.0. The van der Waals surface area contributed by atoms with Crippen LogP contribution in [0.15, 0.2) is 131 Å². The first kappa shape index (κ1) is 60.8. The molecule has 6 N–H and O–H groups in total. The standard InChI is InChI=1S/C31H25F5N4O3.C25H18F3N3O4.C6H9F2N/c32-30(33)14-29(15-30)16-40(17-29)28(42)19-3-7-25(38-13-19)20-9-21-10-23(43-27(21)24(11-20)31(34,35)36)6-5-22(41)4-1-18-2-8-26(37)39-12-18;26-25(27,28)20-11-16(21-7-3-15(13-30-21)24(33)34)9-17-10-19(35-23(17)20)6-5-18(32)4-1-14-2-8-22(29)31-12-14;7-6(8)1-5(2-6)3-9-4-5/h1-4,7-13H,5-6,14-17H2,(H2,37,39);1-4,7-13H,5-6H2,(H2,29,31)(H,33,34);9H,1-4H2/b2*4-1+;. The van der Waals surface area contributed by atoms with E-state index in [-0.39, 0.29) is 154 Å². The number of aryl methyl sites for hydroxylation is 2. The van der Waals surface area contributed by atoms with Crippen molar-refractivity contribution in [2.75, 3.05) is 37.6 Å². The molecule has 15 nitrogen and oxygen atoms in total. The van der Waals surface area contributed by atoms with Crippen LogP contribution >= 0.6 is 0 Å². The number of likely N-dealkylation sites (tertiary alicyclic amines) is 1. The third-order valence-electron chi connectivity index (χ3n) is 15.2. The van der Waals surface area contributed by atoms with Gasteiger partial charge in [-0.3, -0.25) is 24.4 Å². The molecule has 8 heterocycles. The molecule has 2 aliphatic carbocycles. The average Bonchev–Trinajstić information content (AvgIpc) is 1.43. The van der Waals surface area contributed by atoms with Crippen molar-refractivity contribution < 1.29 is 77.0 Å². The van der Waals surface area contributed by atoms with E-state index in [1.54, 1.807) is 36.4 Å². The number of fused-ring (bicyclic) bond motifs is 2. The van der Waals surface area contributed by atoms with E-state index in [0.717, 1.165) is 31.4 Å². The van der Waals surface area contributed by atoms with Crippen molar-refractivity contribution in [3.05, 3.63) is 167 Å².